The van der Waals surface area contributed by atoms with E-state index in [1.165, 1.54) is 6.07 Å². The maximum absolute atomic E-state index is 14.3. The summed E-state index contributed by atoms with van der Waals surface area (Å²) in [4.78, 5) is 8.77. The molecule has 4 aromatic rings. The molecule has 2 N–H and O–H groups in total. The maximum Gasteiger partial charge on any atom is 0.163 e. The largest absolute Gasteiger partial charge is 0.506 e. The van der Waals surface area contributed by atoms with Crippen LogP contribution in [0.15, 0.2) is 41.9 Å². The number of rotatable bonds is 6. The molecule has 0 saturated heterocycles. The molecule has 0 fully saturated rings. The lowest BCUT2D eigenvalue weighted by Crippen LogP contribution is -2.00. The zero-order valence-corrected chi connectivity index (χ0v) is 17.6. The fraction of sp³-hybridized carbons (Fsp3) is 0.143. The summed E-state index contributed by atoms with van der Waals surface area (Å²) in [5.74, 6) is 0.221. The number of thiazole rings is 1. The minimum atomic E-state index is -0.590. The van der Waals surface area contributed by atoms with Gasteiger partial charge in [-0.2, -0.15) is 0 Å². The molecule has 9 heteroatoms. The second-order valence-electron chi connectivity index (χ2n) is 6.43. The van der Waals surface area contributed by atoms with Crippen molar-refractivity contribution < 1.29 is 19.0 Å². The van der Waals surface area contributed by atoms with Gasteiger partial charge in [0.15, 0.2) is 11.5 Å². The van der Waals surface area contributed by atoms with Crippen LogP contribution in [0, 0.1) is 12.7 Å². The number of anilines is 2. The van der Waals surface area contributed by atoms with Crippen molar-refractivity contribution in [3.63, 3.8) is 0 Å². The highest BCUT2D eigenvalue weighted by Gasteiger charge is 2.14. The van der Waals surface area contributed by atoms with Gasteiger partial charge < -0.3 is 19.9 Å². The molecule has 0 amide bonds. The van der Waals surface area contributed by atoms with Crippen molar-refractivity contribution >= 4 is 45.2 Å². The van der Waals surface area contributed by atoms with E-state index >= 15 is 0 Å². The highest BCUT2D eigenvalue weighted by molar-refractivity contribution is 7.09. The van der Waals surface area contributed by atoms with Crippen LogP contribution < -0.4 is 14.8 Å². The fourth-order valence-corrected chi connectivity index (χ4v) is 3.69. The summed E-state index contributed by atoms with van der Waals surface area (Å²) in [6.07, 6.45) is 1.60. The summed E-state index contributed by atoms with van der Waals surface area (Å²) in [6.45, 7) is 2.24. The zero-order chi connectivity index (χ0) is 21.3. The SMILES string of the molecule is COc1cc2c(Nc3cc(O)c(Cl)cc3F)ccnc2cc1OCc1csc(C)n1. The highest BCUT2D eigenvalue weighted by Crippen LogP contribution is 2.37. The van der Waals surface area contributed by atoms with Crippen molar-refractivity contribution in [3.8, 4) is 17.2 Å². The van der Waals surface area contributed by atoms with Crippen molar-refractivity contribution in [1.29, 1.82) is 0 Å². The van der Waals surface area contributed by atoms with E-state index in [0.717, 1.165) is 16.8 Å². The number of halogens is 2. The average molecular weight is 446 g/mol. The van der Waals surface area contributed by atoms with Gasteiger partial charge in [0, 0.05) is 34.8 Å². The quantitative estimate of drug-likeness (QED) is 0.389. The first-order valence-electron chi connectivity index (χ1n) is 8.90. The van der Waals surface area contributed by atoms with Crippen LogP contribution in [-0.4, -0.2) is 22.2 Å². The summed E-state index contributed by atoms with van der Waals surface area (Å²) in [7, 11) is 1.54. The lowest BCUT2D eigenvalue weighted by Gasteiger charge is -2.14. The van der Waals surface area contributed by atoms with Gasteiger partial charge in [0.05, 0.1) is 34.0 Å². The molecule has 154 valence electrons. The molecule has 0 radical (unpaired) electrons. The minimum Gasteiger partial charge on any atom is -0.506 e. The molecular formula is C21H17ClFN3O3S. The van der Waals surface area contributed by atoms with Crippen LogP contribution in [0.1, 0.15) is 10.7 Å². The van der Waals surface area contributed by atoms with Crippen LogP contribution in [-0.2, 0) is 6.61 Å². The van der Waals surface area contributed by atoms with Crippen molar-refractivity contribution in [3.05, 3.63) is 63.5 Å². The third-order valence-corrected chi connectivity index (χ3v) is 5.50. The number of fused-ring (bicyclic) bond motifs is 1. The summed E-state index contributed by atoms with van der Waals surface area (Å²) < 4.78 is 25.6. The molecule has 0 spiro atoms. The van der Waals surface area contributed by atoms with Crippen LogP contribution in [0.3, 0.4) is 0 Å². The summed E-state index contributed by atoms with van der Waals surface area (Å²) in [6, 6.07) is 7.50. The minimum absolute atomic E-state index is 0.0589. The van der Waals surface area contributed by atoms with Gasteiger partial charge in [-0.05, 0) is 25.1 Å². The maximum atomic E-state index is 14.3. The van der Waals surface area contributed by atoms with Crippen LogP contribution in [0.4, 0.5) is 15.8 Å². The van der Waals surface area contributed by atoms with Gasteiger partial charge in [-0.3, -0.25) is 4.98 Å². The Balaban J connectivity index is 1.68. The molecule has 30 heavy (non-hydrogen) atoms. The Bertz CT molecular complexity index is 1230. The number of ether oxygens (including phenoxy) is 2. The van der Waals surface area contributed by atoms with E-state index in [1.807, 2.05) is 12.3 Å². The highest BCUT2D eigenvalue weighted by atomic mass is 35.5. The molecule has 2 aromatic heterocycles. The molecule has 2 aromatic carbocycles. The normalized spacial score (nSPS) is 10.9. The number of pyridine rings is 1. The number of phenolic OH excluding ortho intramolecular Hbond substituents is 1. The smallest absolute Gasteiger partial charge is 0.163 e. The number of phenols is 1. The predicted octanol–water partition coefficient (Wildman–Crippen LogP) is 5.83. The first kappa shape index (κ1) is 20.2. The number of aromatic hydroxyl groups is 1. The van der Waals surface area contributed by atoms with E-state index in [2.05, 4.69) is 15.3 Å². The van der Waals surface area contributed by atoms with E-state index in [4.69, 9.17) is 21.1 Å². The molecule has 4 rings (SSSR count). The van der Waals surface area contributed by atoms with Gasteiger partial charge in [0.1, 0.15) is 18.2 Å². The molecule has 0 aliphatic rings. The van der Waals surface area contributed by atoms with E-state index in [9.17, 15) is 9.50 Å². The Kier molecular flexibility index (Phi) is 5.61. The third kappa shape index (κ3) is 4.10. The van der Waals surface area contributed by atoms with Crippen molar-refractivity contribution in [2.24, 2.45) is 0 Å². The van der Waals surface area contributed by atoms with Gasteiger partial charge >= 0.3 is 0 Å². The Morgan fingerprint density at radius 3 is 2.77 bits per heavy atom. The van der Waals surface area contributed by atoms with E-state index in [1.54, 1.807) is 42.8 Å². The third-order valence-electron chi connectivity index (χ3n) is 4.37. The second-order valence-corrected chi connectivity index (χ2v) is 7.90. The fourth-order valence-electron chi connectivity index (χ4n) is 2.94. The lowest BCUT2D eigenvalue weighted by atomic mass is 10.1. The second kappa shape index (κ2) is 8.33. The van der Waals surface area contributed by atoms with Gasteiger partial charge in [0.25, 0.3) is 0 Å². The Morgan fingerprint density at radius 2 is 2.03 bits per heavy atom. The lowest BCUT2D eigenvalue weighted by molar-refractivity contribution is 0.282. The first-order chi connectivity index (χ1) is 14.4. The Hall–Kier alpha value is -3.10. The number of hydrogen-bond donors (Lipinski definition) is 2. The first-order valence-corrected chi connectivity index (χ1v) is 10.2. The van der Waals surface area contributed by atoms with E-state index < -0.39 is 5.82 Å². The Labute approximate surface area is 180 Å². The summed E-state index contributed by atoms with van der Waals surface area (Å²) >= 11 is 7.31. The molecular weight excluding hydrogens is 429 g/mol. The molecule has 0 saturated carbocycles. The van der Waals surface area contributed by atoms with Gasteiger partial charge in [-0.1, -0.05) is 11.6 Å². The number of nitrogens with zero attached hydrogens (tertiary/aromatic N) is 2. The van der Waals surface area contributed by atoms with Crippen molar-refractivity contribution in [2.45, 2.75) is 13.5 Å². The topological polar surface area (TPSA) is 76.5 Å². The van der Waals surface area contributed by atoms with Gasteiger partial charge in [-0.25, -0.2) is 9.37 Å². The Morgan fingerprint density at radius 1 is 1.20 bits per heavy atom. The molecule has 2 heterocycles. The molecule has 0 atom stereocenters. The monoisotopic (exact) mass is 445 g/mol. The number of aromatic nitrogens is 2. The average Bonchev–Trinajstić information content (AvgIpc) is 3.15. The number of benzene rings is 2. The molecule has 0 aliphatic carbocycles. The van der Waals surface area contributed by atoms with Crippen LogP contribution in [0.2, 0.25) is 5.02 Å². The van der Waals surface area contributed by atoms with E-state index in [-0.39, 0.29) is 16.5 Å². The number of aryl methyl sites for hydroxylation is 1. The van der Waals surface area contributed by atoms with Gasteiger partial charge in [-0.15, -0.1) is 11.3 Å². The number of nitrogens with one attached hydrogen (secondary N) is 1. The van der Waals surface area contributed by atoms with E-state index in [0.29, 0.717) is 34.7 Å². The van der Waals surface area contributed by atoms with Crippen LogP contribution in [0.25, 0.3) is 10.9 Å². The van der Waals surface area contributed by atoms with Crippen molar-refractivity contribution in [2.75, 3.05) is 12.4 Å². The number of methoxy groups -OCH3 is 1. The van der Waals surface area contributed by atoms with Crippen LogP contribution >= 0.6 is 22.9 Å². The summed E-state index contributed by atoms with van der Waals surface area (Å²) in [5.41, 5.74) is 2.13. The van der Waals surface area contributed by atoms with Gasteiger partial charge in [0.2, 0.25) is 0 Å². The molecule has 6 nitrogen and oxygen atoms in total. The summed E-state index contributed by atoms with van der Waals surface area (Å²) in [5, 5.41) is 16.3. The standard InChI is InChI=1S/C21H17ClFN3O3S/c1-11-25-12(10-30-11)9-29-21-8-17-13(5-20(21)28-2)16(3-4-24-17)26-18-7-19(27)14(22)6-15(18)23/h3-8,10,27H,9H2,1-2H3,(H,24,26). The molecule has 0 aliphatic heterocycles. The molecule has 0 bridgehead atoms. The number of hydrogen-bond acceptors (Lipinski definition) is 7. The predicted molar refractivity (Wildman–Crippen MR) is 116 cm³/mol. The van der Waals surface area contributed by atoms with Crippen molar-refractivity contribution in [1.82, 2.24) is 9.97 Å². The van der Waals surface area contributed by atoms with Crippen LogP contribution in [0.5, 0.6) is 17.2 Å². The molecule has 0 unspecified atom stereocenters. The zero-order valence-electron chi connectivity index (χ0n) is 16.1.